The average Bonchev–Trinajstić information content (AvgIpc) is 2.89. The Balaban J connectivity index is 0.00000243. The number of carbonyl (C=O) groups is 1. The quantitative estimate of drug-likeness (QED) is 0.807. The van der Waals surface area contributed by atoms with E-state index in [2.05, 4.69) is 0 Å². The van der Waals surface area contributed by atoms with Gasteiger partial charge in [0.05, 0.1) is 10.5 Å². The Labute approximate surface area is 160 Å². The van der Waals surface area contributed by atoms with Crippen molar-refractivity contribution in [2.24, 2.45) is 0 Å². The highest BCUT2D eigenvalue weighted by atomic mass is 35.5. The first kappa shape index (κ1) is 20.2. The van der Waals surface area contributed by atoms with Crippen LogP contribution < -0.4 is 5.73 Å². The van der Waals surface area contributed by atoms with Crippen LogP contribution in [0.15, 0.2) is 59.5 Å². The van der Waals surface area contributed by atoms with Crippen LogP contribution in [0, 0.1) is 0 Å². The third kappa shape index (κ3) is 4.17. The molecular weight excluding hydrogens is 374 g/mol. The van der Waals surface area contributed by atoms with Crippen molar-refractivity contribution in [2.75, 3.05) is 31.9 Å². The number of hydrogen-bond donors (Lipinski definition) is 1. The van der Waals surface area contributed by atoms with Crippen LogP contribution in [0.4, 0.5) is 5.69 Å². The highest BCUT2D eigenvalue weighted by Gasteiger charge is 2.28. The lowest BCUT2D eigenvalue weighted by Crippen LogP contribution is -2.37. The maximum atomic E-state index is 12.7. The standard InChI is InChI=1S/C18H21N3O3S.ClH/c19-17-10-5-4-9-16(17)18(22)20-11-6-12-21(14-13-20)25(23,24)15-7-2-1-3-8-15;/h1-5,7-10H,6,11-14,19H2;1H. The fraction of sp³-hybridized carbons (Fsp3) is 0.278. The highest BCUT2D eigenvalue weighted by Crippen LogP contribution is 2.19. The van der Waals surface area contributed by atoms with E-state index in [1.807, 2.05) is 0 Å². The molecule has 0 atom stereocenters. The predicted molar refractivity (Wildman–Crippen MR) is 104 cm³/mol. The smallest absolute Gasteiger partial charge is 0.255 e. The number of nitrogen functional groups attached to an aromatic ring is 1. The zero-order valence-electron chi connectivity index (χ0n) is 14.2. The molecule has 0 radical (unpaired) electrons. The van der Waals surface area contributed by atoms with Crippen LogP contribution in [0.25, 0.3) is 0 Å². The molecule has 2 N–H and O–H groups in total. The van der Waals surface area contributed by atoms with Crippen LogP contribution in [-0.4, -0.2) is 49.7 Å². The summed E-state index contributed by atoms with van der Waals surface area (Å²) in [6.45, 7) is 1.52. The number of nitrogens with two attached hydrogens (primary N) is 1. The Bertz CT molecular complexity index is 859. The minimum atomic E-state index is -3.54. The van der Waals surface area contributed by atoms with Crippen molar-refractivity contribution < 1.29 is 13.2 Å². The van der Waals surface area contributed by atoms with Gasteiger partial charge in [0.15, 0.2) is 0 Å². The molecule has 1 amide bonds. The summed E-state index contributed by atoms with van der Waals surface area (Å²) < 4.78 is 26.9. The van der Waals surface area contributed by atoms with Gasteiger partial charge < -0.3 is 10.6 Å². The van der Waals surface area contributed by atoms with Crippen molar-refractivity contribution in [3.05, 3.63) is 60.2 Å². The van der Waals surface area contributed by atoms with Crippen LogP contribution in [0.1, 0.15) is 16.8 Å². The number of anilines is 1. The minimum Gasteiger partial charge on any atom is -0.398 e. The Hall–Kier alpha value is -2.09. The molecule has 26 heavy (non-hydrogen) atoms. The predicted octanol–water partition coefficient (Wildman–Crippen LogP) is 2.23. The summed E-state index contributed by atoms with van der Waals surface area (Å²) in [4.78, 5) is 14.6. The SMILES string of the molecule is Cl.Nc1ccccc1C(=O)N1CCCN(S(=O)(=O)c2ccccc2)CC1. The minimum absolute atomic E-state index is 0. The van der Waals surface area contributed by atoms with Crippen LogP contribution >= 0.6 is 12.4 Å². The lowest BCUT2D eigenvalue weighted by Gasteiger charge is -2.22. The van der Waals surface area contributed by atoms with Crippen molar-refractivity contribution in [1.82, 2.24) is 9.21 Å². The number of para-hydroxylation sites is 1. The summed E-state index contributed by atoms with van der Waals surface area (Å²) in [5.74, 6) is -0.156. The van der Waals surface area contributed by atoms with Gasteiger partial charge in [0.25, 0.3) is 5.91 Å². The average molecular weight is 396 g/mol. The van der Waals surface area contributed by atoms with Gasteiger partial charge in [-0.2, -0.15) is 4.31 Å². The summed E-state index contributed by atoms with van der Waals surface area (Å²) in [5.41, 5.74) is 6.78. The van der Waals surface area contributed by atoms with E-state index >= 15 is 0 Å². The lowest BCUT2D eigenvalue weighted by atomic mass is 10.1. The Kier molecular flexibility index (Phi) is 6.63. The van der Waals surface area contributed by atoms with E-state index in [1.165, 1.54) is 4.31 Å². The van der Waals surface area contributed by atoms with Crippen molar-refractivity contribution >= 4 is 34.0 Å². The van der Waals surface area contributed by atoms with E-state index in [-0.39, 0.29) is 29.8 Å². The van der Waals surface area contributed by atoms with Crippen LogP contribution in [0.5, 0.6) is 0 Å². The highest BCUT2D eigenvalue weighted by molar-refractivity contribution is 7.89. The number of carbonyl (C=O) groups excluding carboxylic acids is 1. The molecule has 0 unspecified atom stereocenters. The molecule has 0 aliphatic carbocycles. The van der Waals surface area contributed by atoms with E-state index in [4.69, 9.17) is 5.73 Å². The number of nitrogens with zero attached hydrogens (tertiary/aromatic N) is 2. The number of halogens is 1. The molecular formula is C18H22ClN3O3S. The fourth-order valence-electron chi connectivity index (χ4n) is 2.94. The van der Waals surface area contributed by atoms with Gasteiger partial charge in [-0.3, -0.25) is 4.79 Å². The molecule has 0 bridgehead atoms. The maximum Gasteiger partial charge on any atom is 0.255 e. The second kappa shape index (κ2) is 8.53. The van der Waals surface area contributed by atoms with E-state index in [0.717, 1.165) is 0 Å². The van der Waals surface area contributed by atoms with Gasteiger partial charge >= 0.3 is 0 Å². The van der Waals surface area contributed by atoms with Gasteiger partial charge in [-0.1, -0.05) is 30.3 Å². The molecule has 0 saturated carbocycles. The molecule has 1 aliphatic heterocycles. The number of amides is 1. The zero-order valence-corrected chi connectivity index (χ0v) is 15.9. The number of hydrogen-bond acceptors (Lipinski definition) is 4. The summed E-state index contributed by atoms with van der Waals surface area (Å²) >= 11 is 0. The molecule has 0 aromatic heterocycles. The first-order valence-electron chi connectivity index (χ1n) is 8.19. The van der Waals surface area contributed by atoms with E-state index in [9.17, 15) is 13.2 Å². The molecule has 3 rings (SSSR count). The van der Waals surface area contributed by atoms with Gasteiger partial charge in [-0.15, -0.1) is 12.4 Å². The molecule has 0 spiro atoms. The van der Waals surface area contributed by atoms with Crippen LogP contribution in [0.3, 0.4) is 0 Å². The monoisotopic (exact) mass is 395 g/mol. The molecule has 2 aromatic rings. The second-order valence-electron chi connectivity index (χ2n) is 5.95. The van der Waals surface area contributed by atoms with Gasteiger partial charge in [0, 0.05) is 31.9 Å². The van der Waals surface area contributed by atoms with Crippen molar-refractivity contribution in [2.45, 2.75) is 11.3 Å². The summed E-state index contributed by atoms with van der Waals surface area (Å²) in [5, 5.41) is 0. The third-order valence-electron chi connectivity index (χ3n) is 4.31. The Morgan fingerprint density at radius 1 is 0.885 bits per heavy atom. The molecule has 1 saturated heterocycles. The maximum absolute atomic E-state index is 12.7. The molecule has 140 valence electrons. The van der Waals surface area contributed by atoms with E-state index in [0.29, 0.717) is 37.3 Å². The fourth-order valence-corrected chi connectivity index (χ4v) is 4.43. The van der Waals surface area contributed by atoms with Gasteiger partial charge in [0.1, 0.15) is 0 Å². The van der Waals surface area contributed by atoms with E-state index in [1.54, 1.807) is 59.5 Å². The first-order valence-corrected chi connectivity index (χ1v) is 9.63. The molecule has 2 aromatic carbocycles. The molecule has 1 fully saturated rings. The first-order chi connectivity index (χ1) is 12.0. The van der Waals surface area contributed by atoms with Crippen LogP contribution in [-0.2, 0) is 10.0 Å². The molecule has 1 heterocycles. The zero-order chi connectivity index (χ0) is 17.9. The number of rotatable bonds is 3. The second-order valence-corrected chi connectivity index (χ2v) is 7.89. The summed E-state index contributed by atoms with van der Waals surface area (Å²) in [7, 11) is -3.54. The third-order valence-corrected chi connectivity index (χ3v) is 6.23. The van der Waals surface area contributed by atoms with Crippen LogP contribution in [0.2, 0.25) is 0 Å². The molecule has 1 aliphatic rings. The normalized spacial score (nSPS) is 15.8. The number of sulfonamides is 1. The van der Waals surface area contributed by atoms with Crippen molar-refractivity contribution in [3.63, 3.8) is 0 Å². The van der Waals surface area contributed by atoms with Crippen molar-refractivity contribution in [3.8, 4) is 0 Å². The van der Waals surface area contributed by atoms with Gasteiger partial charge in [-0.05, 0) is 30.7 Å². The summed E-state index contributed by atoms with van der Waals surface area (Å²) in [6, 6.07) is 15.3. The molecule has 8 heteroatoms. The van der Waals surface area contributed by atoms with Crippen molar-refractivity contribution in [1.29, 1.82) is 0 Å². The van der Waals surface area contributed by atoms with E-state index < -0.39 is 10.0 Å². The Morgan fingerprint density at radius 3 is 2.23 bits per heavy atom. The topological polar surface area (TPSA) is 83.7 Å². The molecule has 6 nitrogen and oxygen atoms in total. The summed E-state index contributed by atoms with van der Waals surface area (Å²) in [6.07, 6.45) is 0.588. The lowest BCUT2D eigenvalue weighted by molar-refractivity contribution is 0.0765. The van der Waals surface area contributed by atoms with Gasteiger partial charge in [-0.25, -0.2) is 8.42 Å². The Morgan fingerprint density at radius 2 is 1.54 bits per heavy atom. The van der Waals surface area contributed by atoms with Gasteiger partial charge in [0.2, 0.25) is 10.0 Å². The largest absolute Gasteiger partial charge is 0.398 e. The number of benzene rings is 2.